The number of hydrogen-bond acceptors (Lipinski definition) is 6. The number of nitrogens with one attached hydrogen (secondary N) is 1. The Hall–Kier alpha value is -3.84. The quantitative estimate of drug-likeness (QED) is 0.448. The number of nitrogens with zero attached hydrogens (tertiary/aromatic N) is 2. The molecule has 0 atom stereocenters. The summed E-state index contributed by atoms with van der Waals surface area (Å²) >= 11 is 1.09. The largest absolute Gasteiger partial charge is 0.508 e. The zero-order chi connectivity index (χ0) is 20.5. The standard InChI is InChI=1S/C23H15N3O3S/c27-17-9-7-16(8-10-17)24-22-20(30-23(28)25-22)13-14-6-11-19-18(12-14)21(29-26-19)15-4-2-1-3-5-15/h1-13,27H,(H,24,25,28)/b20-13-. The Kier molecular flexibility index (Phi) is 4.57. The van der Waals surface area contributed by atoms with Crippen molar-refractivity contribution in [3.05, 3.63) is 83.3 Å². The van der Waals surface area contributed by atoms with Crippen LogP contribution >= 0.6 is 11.8 Å². The average Bonchev–Trinajstić information content (AvgIpc) is 3.33. The molecule has 2 N–H and O–H groups in total. The lowest BCUT2D eigenvalue weighted by atomic mass is 10.1. The predicted octanol–water partition coefficient (Wildman–Crippen LogP) is 5.73. The molecular weight excluding hydrogens is 398 g/mol. The van der Waals surface area contributed by atoms with Gasteiger partial charge in [0, 0.05) is 5.56 Å². The summed E-state index contributed by atoms with van der Waals surface area (Å²) in [5.41, 5.74) is 3.26. The van der Waals surface area contributed by atoms with Crippen molar-refractivity contribution in [1.29, 1.82) is 0 Å². The van der Waals surface area contributed by atoms with E-state index in [0.29, 0.717) is 22.2 Å². The van der Waals surface area contributed by atoms with E-state index >= 15 is 0 Å². The molecule has 2 heterocycles. The van der Waals surface area contributed by atoms with Gasteiger partial charge in [0.1, 0.15) is 17.1 Å². The summed E-state index contributed by atoms with van der Waals surface area (Å²) in [7, 11) is 0. The van der Waals surface area contributed by atoms with Crippen molar-refractivity contribution in [2.75, 3.05) is 0 Å². The third kappa shape index (κ3) is 3.58. The van der Waals surface area contributed by atoms with Crippen LogP contribution in [0.5, 0.6) is 5.75 Å². The lowest BCUT2D eigenvalue weighted by Gasteiger charge is -2.01. The van der Waals surface area contributed by atoms with Crippen LogP contribution < -0.4 is 5.32 Å². The normalized spacial score (nSPS) is 16.5. The van der Waals surface area contributed by atoms with Gasteiger partial charge in [-0.15, -0.1) is 0 Å². The molecule has 7 heteroatoms. The van der Waals surface area contributed by atoms with Gasteiger partial charge >= 0.3 is 0 Å². The second kappa shape index (κ2) is 7.53. The van der Waals surface area contributed by atoms with Gasteiger partial charge in [-0.2, -0.15) is 0 Å². The van der Waals surface area contributed by atoms with Crippen molar-refractivity contribution in [1.82, 2.24) is 10.5 Å². The van der Waals surface area contributed by atoms with E-state index in [2.05, 4.69) is 15.5 Å². The van der Waals surface area contributed by atoms with Crippen LogP contribution in [0.2, 0.25) is 0 Å². The summed E-state index contributed by atoms with van der Waals surface area (Å²) in [6, 6.07) is 22.1. The van der Waals surface area contributed by atoms with E-state index in [4.69, 9.17) is 4.52 Å². The first-order chi connectivity index (χ1) is 14.7. The maximum atomic E-state index is 12.0. The van der Waals surface area contributed by atoms with E-state index in [-0.39, 0.29) is 11.0 Å². The maximum absolute atomic E-state index is 12.0. The number of benzene rings is 3. The SMILES string of the molecule is O=C1NC(=Nc2ccc(O)cc2)/C(=C/c2ccc3noc(-c4ccccc4)c3c2)S1. The van der Waals surface area contributed by atoms with E-state index in [1.807, 2.05) is 54.6 Å². The van der Waals surface area contributed by atoms with E-state index in [1.54, 1.807) is 24.3 Å². The number of thioether (sulfide) groups is 1. The van der Waals surface area contributed by atoms with Crippen LogP contribution in [-0.2, 0) is 0 Å². The molecule has 1 saturated heterocycles. The highest BCUT2D eigenvalue weighted by Crippen LogP contribution is 2.32. The smallest absolute Gasteiger partial charge is 0.289 e. The first-order valence-electron chi connectivity index (χ1n) is 9.19. The van der Waals surface area contributed by atoms with E-state index in [1.165, 1.54) is 0 Å². The van der Waals surface area contributed by atoms with Gasteiger partial charge in [-0.3, -0.25) is 4.79 Å². The van der Waals surface area contributed by atoms with Gasteiger partial charge < -0.3 is 14.9 Å². The number of amides is 1. The molecule has 1 aromatic heterocycles. The molecule has 146 valence electrons. The van der Waals surface area contributed by atoms with Gasteiger partial charge in [0.2, 0.25) is 0 Å². The highest BCUT2D eigenvalue weighted by molar-refractivity contribution is 8.18. The molecule has 0 aliphatic carbocycles. The zero-order valence-electron chi connectivity index (χ0n) is 15.6. The number of aliphatic imine (C=N–C) groups is 1. The fourth-order valence-electron chi connectivity index (χ4n) is 3.17. The topological polar surface area (TPSA) is 87.7 Å². The van der Waals surface area contributed by atoms with Crippen LogP contribution in [0.1, 0.15) is 5.56 Å². The molecule has 6 nitrogen and oxygen atoms in total. The van der Waals surface area contributed by atoms with Crippen LogP contribution in [0.15, 0.2) is 87.2 Å². The summed E-state index contributed by atoms with van der Waals surface area (Å²) < 4.78 is 5.57. The second-order valence-electron chi connectivity index (χ2n) is 6.65. The minimum absolute atomic E-state index is 0.163. The number of amidine groups is 1. The number of phenolic OH excluding ortho intramolecular Hbond substituents is 1. The first kappa shape index (κ1) is 18.2. The van der Waals surface area contributed by atoms with Crippen molar-refractivity contribution >= 4 is 45.5 Å². The summed E-state index contributed by atoms with van der Waals surface area (Å²) in [5, 5.41) is 17.1. The Labute approximate surface area is 175 Å². The second-order valence-corrected chi connectivity index (χ2v) is 7.67. The molecule has 0 radical (unpaired) electrons. The van der Waals surface area contributed by atoms with Crippen LogP contribution in [0.4, 0.5) is 10.5 Å². The van der Waals surface area contributed by atoms with Crippen molar-refractivity contribution < 1.29 is 14.4 Å². The summed E-state index contributed by atoms with van der Waals surface area (Å²) in [6.07, 6.45) is 1.91. The molecule has 0 spiro atoms. The number of carbonyl (C=O) groups is 1. The highest BCUT2D eigenvalue weighted by atomic mass is 32.2. The fourth-order valence-corrected chi connectivity index (χ4v) is 3.90. The number of aromatic nitrogens is 1. The summed E-state index contributed by atoms with van der Waals surface area (Å²) in [6.45, 7) is 0. The van der Waals surface area contributed by atoms with Crippen LogP contribution in [-0.4, -0.2) is 21.3 Å². The first-order valence-corrected chi connectivity index (χ1v) is 10.0. The van der Waals surface area contributed by atoms with E-state index in [9.17, 15) is 9.90 Å². The molecule has 1 amide bonds. The molecule has 0 saturated carbocycles. The zero-order valence-corrected chi connectivity index (χ0v) is 16.4. The van der Waals surface area contributed by atoms with Gasteiger partial charge in [-0.25, -0.2) is 4.99 Å². The Morgan fingerprint density at radius 2 is 1.83 bits per heavy atom. The fraction of sp³-hybridized carbons (Fsp3) is 0. The lowest BCUT2D eigenvalue weighted by Crippen LogP contribution is -2.18. The molecule has 5 rings (SSSR count). The third-order valence-electron chi connectivity index (χ3n) is 4.58. The van der Waals surface area contributed by atoms with Gasteiger partial charge in [0.05, 0.1) is 16.0 Å². The minimum Gasteiger partial charge on any atom is -0.508 e. The monoisotopic (exact) mass is 413 g/mol. The highest BCUT2D eigenvalue weighted by Gasteiger charge is 2.23. The molecule has 1 aliphatic heterocycles. The van der Waals surface area contributed by atoms with Crippen LogP contribution in [0.3, 0.4) is 0 Å². The predicted molar refractivity (Wildman–Crippen MR) is 119 cm³/mol. The molecular formula is C23H15N3O3S. The number of phenols is 1. The summed E-state index contributed by atoms with van der Waals surface area (Å²) in [5.74, 6) is 1.34. The number of fused-ring (bicyclic) bond motifs is 1. The van der Waals surface area contributed by atoms with Gasteiger partial charge in [0.25, 0.3) is 5.24 Å². The number of aromatic hydroxyl groups is 1. The number of carbonyl (C=O) groups excluding carboxylic acids is 1. The Morgan fingerprint density at radius 3 is 2.63 bits per heavy atom. The van der Waals surface area contributed by atoms with Crippen molar-refractivity contribution in [2.24, 2.45) is 4.99 Å². The van der Waals surface area contributed by atoms with Gasteiger partial charge in [0.15, 0.2) is 5.76 Å². The maximum Gasteiger partial charge on any atom is 0.289 e. The molecule has 0 unspecified atom stereocenters. The number of hydrogen-bond donors (Lipinski definition) is 2. The van der Waals surface area contributed by atoms with Crippen molar-refractivity contribution in [2.45, 2.75) is 0 Å². The molecule has 1 fully saturated rings. The van der Waals surface area contributed by atoms with Gasteiger partial charge in [-0.1, -0.05) is 41.6 Å². The molecule has 0 bridgehead atoms. The molecule has 30 heavy (non-hydrogen) atoms. The van der Waals surface area contributed by atoms with E-state index < -0.39 is 0 Å². The molecule has 1 aliphatic rings. The Bertz CT molecular complexity index is 1310. The third-order valence-corrected chi connectivity index (χ3v) is 5.40. The van der Waals surface area contributed by atoms with Crippen molar-refractivity contribution in [3.63, 3.8) is 0 Å². The summed E-state index contributed by atoms with van der Waals surface area (Å²) in [4.78, 5) is 17.2. The van der Waals surface area contributed by atoms with E-state index in [0.717, 1.165) is 33.8 Å². The lowest BCUT2D eigenvalue weighted by molar-refractivity contribution is 0.265. The molecule has 3 aromatic carbocycles. The minimum atomic E-state index is -0.185. The van der Waals surface area contributed by atoms with Crippen molar-refractivity contribution in [3.8, 4) is 17.1 Å². The van der Waals surface area contributed by atoms with Gasteiger partial charge in [-0.05, 0) is 59.8 Å². The number of rotatable bonds is 3. The Balaban J connectivity index is 1.54. The molecule has 4 aromatic rings. The Morgan fingerprint density at radius 1 is 1.03 bits per heavy atom. The average molecular weight is 413 g/mol. The van der Waals surface area contributed by atoms with Crippen LogP contribution in [0, 0.1) is 0 Å². The van der Waals surface area contributed by atoms with Crippen LogP contribution in [0.25, 0.3) is 28.3 Å².